The lowest BCUT2D eigenvalue weighted by Gasteiger charge is -2.44. The smallest absolute Gasteiger partial charge is 0.0249 e. The molecule has 1 N–H and O–H groups in total. The lowest BCUT2D eigenvalue weighted by molar-refractivity contribution is 0.0732. The number of nitrogens with zero attached hydrogens (tertiary/aromatic N) is 1. The van der Waals surface area contributed by atoms with Crippen molar-refractivity contribution in [2.75, 3.05) is 19.6 Å². The van der Waals surface area contributed by atoms with E-state index in [0.717, 1.165) is 30.5 Å². The summed E-state index contributed by atoms with van der Waals surface area (Å²) in [4.78, 5) is 2.80. The molecule has 2 nitrogen and oxygen atoms in total. The Bertz CT molecular complexity index is 229. The number of likely N-dealkylation sites (N-methyl/N-ethyl adjacent to an activating group) is 1. The lowest BCUT2D eigenvalue weighted by Crippen LogP contribution is -2.54. The number of hydrogen-bond acceptors (Lipinski definition) is 2. The molecule has 106 valence electrons. The van der Waals surface area contributed by atoms with Crippen molar-refractivity contribution >= 4 is 0 Å². The third kappa shape index (κ3) is 3.48. The first-order valence-corrected chi connectivity index (χ1v) is 8.19. The third-order valence-corrected chi connectivity index (χ3v) is 5.18. The molecule has 2 heteroatoms. The average Bonchev–Trinajstić information content (AvgIpc) is 2.40. The predicted molar refractivity (Wildman–Crippen MR) is 78.9 cm³/mol. The maximum atomic E-state index is 3.72. The highest BCUT2D eigenvalue weighted by Gasteiger charge is 2.32. The second-order valence-electron chi connectivity index (χ2n) is 6.63. The van der Waals surface area contributed by atoms with E-state index in [1.54, 1.807) is 0 Å². The van der Waals surface area contributed by atoms with Crippen LogP contribution in [0.15, 0.2) is 0 Å². The molecule has 0 aromatic carbocycles. The highest BCUT2D eigenvalue weighted by atomic mass is 15.2. The van der Waals surface area contributed by atoms with Crippen LogP contribution in [0, 0.1) is 11.8 Å². The van der Waals surface area contributed by atoms with Crippen molar-refractivity contribution in [3.05, 3.63) is 0 Å². The third-order valence-electron chi connectivity index (χ3n) is 5.18. The summed E-state index contributed by atoms with van der Waals surface area (Å²) in [6.45, 7) is 10.8. The van der Waals surface area contributed by atoms with Gasteiger partial charge in [0.25, 0.3) is 0 Å². The van der Waals surface area contributed by atoms with E-state index >= 15 is 0 Å². The van der Waals surface area contributed by atoms with E-state index in [-0.39, 0.29) is 0 Å². The zero-order valence-corrected chi connectivity index (χ0v) is 12.6. The molecule has 1 saturated heterocycles. The maximum Gasteiger partial charge on any atom is 0.0249 e. The van der Waals surface area contributed by atoms with Crippen molar-refractivity contribution in [3.8, 4) is 0 Å². The van der Waals surface area contributed by atoms with Crippen LogP contribution in [-0.2, 0) is 0 Å². The summed E-state index contributed by atoms with van der Waals surface area (Å²) in [5.41, 5.74) is 0. The minimum atomic E-state index is 0.763. The molecule has 1 aliphatic heterocycles. The van der Waals surface area contributed by atoms with Gasteiger partial charge >= 0.3 is 0 Å². The highest BCUT2D eigenvalue weighted by Crippen LogP contribution is 2.30. The molecule has 0 radical (unpaired) electrons. The van der Waals surface area contributed by atoms with Crippen molar-refractivity contribution in [2.24, 2.45) is 11.8 Å². The summed E-state index contributed by atoms with van der Waals surface area (Å²) < 4.78 is 0. The van der Waals surface area contributed by atoms with Crippen molar-refractivity contribution in [3.63, 3.8) is 0 Å². The fraction of sp³-hybridized carbons (Fsp3) is 1.00. The van der Waals surface area contributed by atoms with Crippen LogP contribution in [0.4, 0.5) is 0 Å². The quantitative estimate of drug-likeness (QED) is 0.826. The summed E-state index contributed by atoms with van der Waals surface area (Å²) in [5, 5.41) is 3.72. The van der Waals surface area contributed by atoms with Gasteiger partial charge in [-0.1, -0.05) is 33.6 Å². The van der Waals surface area contributed by atoms with Crippen LogP contribution < -0.4 is 5.32 Å². The highest BCUT2D eigenvalue weighted by molar-refractivity contribution is 4.90. The van der Waals surface area contributed by atoms with Crippen LogP contribution in [-0.4, -0.2) is 36.6 Å². The molecule has 2 rings (SSSR count). The second kappa shape index (κ2) is 6.91. The maximum absolute atomic E-state index is 3.72. The van der Waals surface area contributed by atoms with Crippen LogP contribution in [0.2, 0.25) is 0 Å². The minimum absolute atomic E-state index is 0.763. The summed E-state index contributed by atoms with van der Waals surface area (Å²) >= 11 is 0. The SMILES string of the molecule is CCNC1CCCCC1N1CCC(C(C)C)CC1. The largest absolute Gasteiger partial charge is 0.313 e. The Labute approximate surface area is 114 Å². The summed E-state index contributed by atoms with van der Waals surface area (Å²) in [5.74, 6) is 1.85. The second-order valence-corrected chi connectivity index (χ2v) is 6.63. The molecule has 1 saturated carbocycles. The molecule has 2 fully saturated rings. The van der Waals surface area contributed by atoms with Gasteiger partial charge in [-0.15, -0.1) is 0 Å². The molecule has 1 aliphatic carbocycles. The topological polar surface area (TPSA) is 15.3 Å². The fourth-order valence-corrected chi connectivity index (χ4v) is 3.97. The Morgan fingerprint density at radius 3 is 2.33 bits per heavy atom. The van der Waals surface area contributed by atoms with Gasteiger partial charge in [0, 0.05) is 12.1 Å². The van der Waals surface area contributed by atoms with E-state index in [1.165, 1.54) is 51.6 Å². The number of nitrogens with one attached hydrogen (secondary N) is 1. The minimum Gasteiger partial charge on any atom is -0.313 e. The fourth-order valence-electron chi connectivity index (χ4n) is 3.97. The lowest BCUT2D eigenvalue weighted by atomic mass is 9.83. The number of rotatable bonds is 4. The summed E-state index contributed by atoms with van der Waals surface area (Å²) in [6.07, 6.45) is 8.53. The molecule has 2 atom stereocenters. The molecule has 1 heterocycles. The standard InChI is InChI=1S/C16H32N2/c1-4-17-15-7-5-6-8-16(15)18-11-9-14(10-12-18)13(2)3/h13-17H,4-12H2,1-3H3. The molecule has 18 heavy (non-hydrogen) atoms. The van der Waals surface area contributed by atoms with E-state index in [1.807, 2.05) is 0 Å². The van der Waals surface area contributed by atoms with Gasteiger partial charge in [-0.05, 0) is 57.2 Å². The molecule has 0 aromatic rings. The molecule has 2 aliphatic rings. The van der Waals surface area contributed by atoms with Crippen molar-refractivity contribution in [2.45, 2.75) is 71.4 Å². The van der Waals surface area contributed by atoms with Gasteiger partial charge in [0.1, 0.15) is 0 Å². The molecule has 0 bridgehead atoms. The van der Waals surface area contributed by atoms with Gasteiger partial charge in [0.15, 0.2) is 0 Å². The monoisotopic (exact) mass is 252 g/mol. The zero-order chi connectivity index (χ0) is 13.0. The molecule has 0 amide bonds. The Balaban J connectivity index is 1.86. The number of piperidine rings is 1. The van der Waals surface area contributed by atoms with Crippen molar-refractivity contribution in [1.82, 2.24) is 10.2 Å². The Morgan fingerprint density at radius 2 is 1.72 bits per heavy atom. The molecular formula is C16H32N2. The van der Waals surface area contributed by atoms with Gasteiger partial charge in [-0.2, -0.15) is 0 Å². The van der Waals surface area contributed by atoms with Crippen molar-refractivity contribution in [1.29, 1.82) is 0 Å². The van der Waals surface area contributed by atoms with Crippen LogP contribution in [0.3, 0.4) is 0 Å². The van der Waals surface area contributed by atoms with Crippen LogP contribution in [0.25, 0.3) is 0 Å². The van der Waals surface area contributed by atoms with Crippen molar-refractivity contribution < 1.29 is 0 Å². The molecule has 2 unspecified atom stereocenters. The number of hydrogen-bond donors (Lipinski definition) is 1. The van der Waals surface area contributed by atoms with Gasteiger partial charge in [0.2, 0.25) is 0 Å². The number of likely N-dealkylation sites (tertiary alicyclic amines) is 1. The first-order chi connectivity index (χ1) is 8.72. The van der Waals surface area contributed by atoms with Gasteiger partial charge in [-0.25, -0.2) is 0 Å². The summed E-state index contributed by atoms with van der Waals surface area (Å²) in [6, 6.07) is 1.59. The summed E-state index contributed by atoms with van der Waals surface area (Å²) in [7, 11) is 0. The van der Waals surface area contributed by atoms with E-state index < -0.39 is 0 Å². The first-order valence-electron chi connectivity index (χ1n) is 8.19. The van der Waals surface area contributed by atoms with E-state index in [9.17, 15) is 0 Å². The molecular weight excluding hydrogens is 220 g/mol. The predicted octanol–water partition coefficient (Wildman–Crippen LogP) is 3.28. The van der Waals surface area contributed by atoms with Crippen LogP contribution >= 0.6 is 0 Å². The molecule has 0 spiro atoms. The Morgan fingerprint density at radius 1 is 1.06 bits per heavy atom. The average molecular weight is 252 g/mol. The Hall–Kier alpha value is -0.0800. The van der Waals surface area contributed by atoms with Crippen LogP contribution in [0.5, 0.6) is 0 Å². The zero-order valence-electron chi connectivity index (χ0n) is 12.6. The van der Waals surface area contributed by atoms with Crippen LogP contribution in [0.1, 0.15) is 59.3 Å². The van der Waals surface area contributed by atoms with E-state index in [4.69, 9.17) is 0 Å². The van der Waals surface area contributed by atoms with Gasteiger partial charge in [-0.3, -0.25) is 4.90 Å². The van der Waals surface area contributed by atoms with Gasteiger partial charge in [0.05, 0.1) is 0 Å². The molecule has 0 aromatic heterocycles. The van der Waals surface area contributed by atoms with E-state index in [0.29, 0.717) is 0 Å². The normalized spacial score (nSPS) is 32.0. The Kier molecular flexibility index (Phi) is 5.50. The first kappa shape index (κ1) is 14.3. The van der Waals surface area contributed by atoms with Gasteiger partial charge < -0.3 is 5.32 Å². The van der Waals surface area contributed by atoms with E-state index in [2.05, 4.69) is 31.0 Å².